The Balaban J connectivity index is 0.000000174. The van der Waals surface area contributed by atoms with Crippen LogP contribution in [0.4, 0.5) is 33.1 Å². The minimum Gasteiger partial charge on any atom is -0.478 e. The van der Waals surface area contributed by atoms with Gasteiger partial charge in [0.1, 0.15) is 45.5 Å². The van der Waals surface area contributed by atoms with Crippen molar-refractivity contribution in [3.05, 3.63) is 83.7 Å². The van der Waals surface area contributed by atoms with Crippen LogP contribution in [0.3, 0.4) is 0 Å². The van der Waals surface area contributed by atoms with Gasteiger partial charge < -0.3 is 74.4 Å². The number of aliphatic hydroxyl groups excluding tert-OH is 2. The van der Waals surface area contributed by atoms with Crippen LogP contribution in [0.1, 0.15) is 172 Å². The summed E-state index contributed by atoms with van der Waals surface area (Å²) < 4.78 is 15.1. The maximum absolute atomic E-state index is 13.5. The third-order valence-electron chi connectivity index (χ3n) is 18.3. The monoisotopic (exact) mass is 1310 g/mol. The molecule has 6 N–H and O–H groups in total. The lowest BCUT2D eigenvalue weighted by Crippen LogP contribution is -2.62. The molecule has 0 radical (unpaired) electrons. The van der Waals surface area contributed by atoms with Gasteiger partial charge in [0.15, 0.2) is 0 Å². The molecule has 12 rings (SSSR count). The molecule has 6 aromatic heterocycles. The first kappa shape index (κ1) is 69.3. The Morgan fingerprint density at radius 3 is 1.26 bits per heavy atom. The van der Waals surface area contributed by atoms with E-state index in [4.69, 9.17) is 24.5 Å². The Morgan fingerprint density at radius 1 is 0.516 bits per heavy atom. The predicted molar refractivity (Wildman–Crippen MR) is 357 cm³/mol. The Labute approximate surface area is 554 Å². The number of anilines is 4. The molecular formula is C68H94N16O11. The van der Waals surface area contributed by atoms with Crippen molar-refractivity contribution >= 4 is 81.5 Å². The number of nitrogens with one attached hydrogen (secondary N) is 3. The van der Waals surface area contributed by atoms with Gasteiger partial charge in [0.25, 0.3) is 17.7 Å². The molecular weight excluding hydrogens is 1220 g/mol. The average Bonchev–Trinajstić information content (AvgIpc) is 1.72. The van der Waals surface area contributed by atoms with Crippen molar-refractivity contribution in [1.82, 2.24) is 68.9 Å². The SMILES string of the molecule is CC(C)(C)OC(=O)N1C[C@H]2CNC[C@@H](C1)C2O.CN(C)C(=O)c1cc2cnc(Nc3ccc(C(=O)N4C[C@H]5CN(C(=O)OC(C)(C)C)C[C@@H](C4)C5O)cn3)nc2n1C1CCCCCC1.CN(C)C(=O)c1cc2cnc(Nc3ccc(C(=O)O)cn3)nc2n1C1CCCCCC1. The van der Waals surface area contributed by atoms with E-state index in [2.05, 4.69) is 45.0 Å². The molecule has 6 aliphatic rings. The fourth-order valence-corrected chi connectivity index (χ4v) is 13.7. The van der Waals surface area contributed by atoms with Crippen LogP contribution in [0, 0.1) is 23.7 Å². The van der Waals surface area contributed by atoms with Gasteiger partial charge in [-0.15, -0.1) is 0 Å². The molecule has 5 amide bonds. The number of rotatable bonds is 10. The van der Waals surface area contributed by atoms with Gasteiger partial charge in [0.05, 0.1) is 23.3 Å². The maximum atomic E-state index is 13.5. The summed E-state index contributed by atoms with van der Waals surface area (Å²) in [6.07, 6.45) is 18.1. The number of aliphatic hydroxyl groups is 2. The van der Waals surface area contributed by atoms with E-state index in [1.165, 1.54) is 44.1 Å². The Hall–Kier alpha value is -8.56. The molecule has 10 heterocycles. The molecule has 2 saturated carbocycles. The number of fused-ring (bicyclic) bond motifs is 6. The third kappa shape index (κ3) is 16.9. The van der Waals surface area contributed by atoms with Crippen molar-refractivity contribution in [1.29, 1.82) is 0 Å². The summed E-state index contributed by atoms with van der Waals surface area (Å²) in [6, 6.07) is 10.6. The van der Waals surface area contributed by atoms with Crippen molar-refractivity contribution in [2.75, 3.05) is 91.2 Å². The van der Waals surface area contributed by atoms with Crippen LogP contribution in [0.5, 0.6) is 0 Å². The molecule has 0 spiro atoms. The fraction of sp³-hybridized carbons (Fsp3) is 0.588. The normalized spacial score (nSPS) is 21.8. The van der Waals surface area contributed by atoms with Crippen LogP contribution in [0.15, 0.2) is 61.2 Å². The number of likely N-dealkylation sites (tertiary alicyclic amines) is 3. The first-order valence-electron chi connectivity index (χ1n) is 33.4. The molecule has 4 saturated heterocycles. The number of aromatic nitrogens is 8. The van der Waals surface area contributed by atoms with Gasteiger partial charge >= 0.3 is 18.2 Å². The van der Waals surface area contributed by atoms with E-state index in [0.29, 0.717) is 79.8 Å². The number of piperidine rings is 4. The number of amides is 5. The van der Waals surface area contributed by atoms with Crippen molar-refractivity contribution < 1.29 is 53.6 Å². The molecule has 2 unspecified atom stereocenters. The second-order valence-electron chi connectivity index (χ2n) is 28.5. The first-order valence-corrected chi connectivity index (χ1v) is 33.4. The minimum absolute atomic E-state index is 0.0531. The number of pyridine rings is 2. The highest BCUT2D eigenvalue weighted by atomic mass is 16.6. The molecule has 4 bridgehead atoms. The van der Waals surface area contributed by atoms with Gasteiger partial charge in [-0.25, -0.2) is 34.3 Å². The number of ether oxygens (including phenoxy) is 2. The van der Waals surface area contributed by atoms with Crippen molar-refractivity contribution in [2.24, 2.45) is 23.7 Å². The highest BCUT2D eigenvalue weighted by Gasteiger charge is 2.45. The van der Waals surface area contributed by atoms with E-state index in [9.17, 15) is 39.0 Å². The molecule has 4 aliphatic heterocycles. The summed E-state index contributed by atoms with van der Waals surface area (Å²) in [6.45, 7) is 15.1. The van der Waals surface area contributed by atoms with Gasteiger partial charge in [-0.05, 0) is 104 Å². The highest BCUT2D eigenvalue weighted by Crippen LogP contribution is 2.37. The van der Waals surface area contributed by atoms with Crippen LogP contribution in [-0.4, -0.2) is 219 Å². The minimum atomic E-state index is -1.03. The lowest BCUT2D eigenvalue weighted by Gasteiger charge is -2.48. The van der Waals surface area contributed by atoms with Crippen LogP contribution < -0.4 is 16.0 Å². The summed E-state index contributed by atoms with van der Waals surface area (Å²) in [7, 11) is 7.03. The quantitative estimate of drug-likeness (QED) is 0.0698. The third-order valence-corrected chi connectivity index (χ3v) is 18.3. The van der Waals surface area contributed by atoms with Crippen molar-refractivity contribution in [3.63, 3.8) is 0 Å². The summed E-state index contributed by atoms with van der Waals surface area (Å²) in [4.78, 5) is 111. The lowest BCUT2D eigenvalue weighted by molar-refractivity contribution is -0.0727. The van der Waals surface area contributed by atoms with E-state index in [0.717, 1.165) is 86.5 Å². The summed E-state index contributed by atoms with van der Waals surface area (Å²) >= 11 is 0. The predicted octanol–water partition coefficient (Wildman–Crippen LogP) is 8.77. The molecule has 27 heteroatoms. The van der Waals surface area contributed by atoms with Gasteiger partial charge in [0.2, 0.25) is 11.9 Å². The molecule has 6 aromatic rings. The highest BCUT2D eigenvalue weighted by molar-refractivity contribution is 5.99. The second kappa shape index (κ2) is 29.6. The lowest BCUT2D eigenvalue weighted by atomic mass is 9.81. The maximum Gasteiger partial charge on any atom is 0.410 e. The van der Waals surface area contributed by atoms with Gasteiger partial charge in [0, 0.05) is 152 Å². The topological polar surface area (TPSA) is 321 Å². The summed E-state index contributed by atoms with van der Waals surface area (Å²) in [5.41, 5.74) is 2.16. The van der Waals surface area contributed by atoms with E-state index < -0.39 is 29.4 Å². The smallest absolute Gasteiger partial charge is 0.410 e. The van der Waals surface area contributed by atoms with E-state index in [-0.39, 0.29) is 71.2 Å². The average molecular weight is 1310 g/mol. The van der Waals surface area contributed by atoms with E-state index >= 15 is 0 Å². The van der Waals surface area contributed by atoms with Crippen LogP contribution in [0.2, 0.25) is 0 Å². The molecule has 512 valence electrons. The van der Waals surface area contributed by atoms with Gasteiger partial charge in [-0.2, -0.15) is 9.97 Å². The van der Waals surface area contributed by atoms with Gasteiger partial charge in [-0.1, -0.05) is 51.4 Å². The largest absolute Gasteiger partial charge is 0.478 e. The zero-order valence-electron chi connectivity index (χ0n) is 56.5. The number of carbonyl (C=O) groups is 6. The molecule has 0 aromatic carbocycles. The van der Waals surface area contributed by atoms with Crippen LogP contribution in [-0.2, 0) is 9.47 Å². The van der Waals surface area contributed by atoms with E-state index in [1.807, 2.05) is 53.7 Å². The Bertz CT molecular complexity index is 3670. The first-order chi connectivity index (χ1) is 45.2. The molecule has 6 fully saturated rings. The van der Waals surface area contributed by atoms with Crippen LogP contribution in [0.25, 0.3) is 22.1 Å². The number of hydrogen-bond acceptors (Lipinski definition) is 19. The zero-order chi connectivity index (χ0) is 68.0. The molecule has 2 aliphatic carbocycles. The Morgan fingerprint density at radius 2 is 0.895 bits per heavy atom. The fourth-order valence-electron chi connectivity index (χ4n) is 13.7. The number of aromatic carboxylic acids is 1. The molecule has 95 heavy (non-hydrogen) atoms. The number of hydrogen-bond donors (Lipinski definition) is 6. The number of carboxylic acid groups (broad SMARTS) is 1. The van der Waals surface area contributed by atoms with Crippen molar-refractivity contribution in [3.8, 4) is 0 Å². The Kier molecular flexibility index (Phi) is 21.6. The second-order valence-corrected chi connectivity index (χ2v) is 28.5. The van der Waals surface area contributed by atoms with Crippen LogP contribution >= 0.6 is 0 Å². The summed E-state index contributed by atoms with van der Waals surface area (Å²) in [5, 5.41) is 41.0. The molecule has 27 nitrogen and oxygen atoms in total. The van der Waals surface area contributed by atoms with E-state index in [1.54, 1.807) is 83.3 Å². The zero-order valence-corrected chi connectivity index (χ0v) is 56.5. The summed E-state index contributed by atoms with van der Waals surface area (Å²) in [5.74, 6) is 0.0656. The standard InChI is InChI=1S/C34H46N8O5.C22H26N6O3.C12H22N2O3/c1-34(2,3)47-33(46)41-19-23-17-40(18-24(20-41)28(23)43)30(44)21-12-13-27(35-15-21)37-32-36-16-22-14-26(31(45)39(4)5)42(29(22)38-32)25-10-8-6-7-9-11-25;1-27(2)20(29)17-11-15-13-24-22(25-18-10-9-14(12-23-18)21(30)31)26-19(15)28(17)16-7-5-3-4-6-8-16;1-12(2,3)17-11(16)14-6-8-4-13-5-9(7-14)10(8)15/h12-16,23-25,28,43H,6-11,17-20H2,1-5H3,(H,35,36,37,38);9-13,16H,3-8H2,1-2H3,(H,30,31)(H,23,24,25,26);8-10,13,15H,4-7H2,1-3H3/t23-,24+,28?;;8-,9+,10?. The van der Waals surface area contributed by atoms with Crippen molar-refractivity contribution in [2.45, 2.75) is 154 Å². The number of carboxylic acids is 1. The molecule has 6 atom stereocenters. The number of carbonyl (C=O) groups excluding carboxylic acids is 5. The van der Waals surface area contributed by atoms with Gasteiger partial charge in [-0.3, -0.25) is 14.4 Å². The number of nitrogens with zero attached hydrogens (tertiary/aromatic N) is 13.